The van der Waals surface area contributed by atoms with E-state index in [2.05, 4.69) is 36.1 Å². The number of aliphatic hydroxyl groups excluding tert-OH is 1. The van der Waals surface area contributed by atoms with Gasteiger partial charge in [0.25, 0.3) is 0 Å². The smallest absolute Gasteiger partial charge is 0.112 e. The summed E-state index contributed by atoms with van der Waals surface area (Å²) in [5, 5.41) is 21.0. The summed E-state index contributed by atoms with van der Waals surface area (Å²) >= 11 is 6.39. The molecule has 0 radical (unpaired) electrons. The number of aliphatic hydroxyl groups is 2. The highest BCUT2D eigenvalue weighted by Crippen LogP contribution is 2.32. The number of fused-ring (bicyclic) bond motifs is 1. The van der Waals surface area contributed by atoms with E-state index in [0.29, 0.717) is 11.5 Å². The maximum Gasteiger partial charge on any atom is 0.112 e. The molecule has 2 N–H and O–H groups in total. The first-order chi connectivity index (χ1) is 13.5. The molecule has 1 aromatic carbocycles. The van der Waals surface area contributed by atoms with E-state index in [1.807, 2.05) is 37.3 Å². The fourth-order valence-electron chi connectivity index (χ4n) is 3.49. The Morgan fingerprint density at radius 3 is 2.75 bits per heavy atom. The van der Waals surface area contributed by atoms with Crippen LogP contribution in [0.15, 0.2) is 89.4 Å². The molecular formula is C24H26ClNO2. The zero-order chi connectivity index (χ0) is 20.1. The Morgan fingerprint density at radius 2 is 2.00 bits per heavy atom. The van der Waals surface area contributed by atoms with Crippen molar-refractivity contribution in [1.82, 2.24) is 0 Å². The molecule has 1 heterocycles. The lowest BCUT2D eigenvalue weighted by Crippen LogP contribution is -2.34. The van der Waals surface area contributed by atoms with Crippen molar-refractivity contribution >= 4 is 23.4 Å². The van der Waals surface area contributed by atoms with Crippen molar-refractivity contribution in [1.29, 1.82) is 0 Å². The van der Waals surface area contributed by atoms with Crippen LogP contribution < -0.4 is 4.90 Å². The topological polar surface area (TPSA) is 43.7 Å². The van der Waals surface area contributed by atoms with E-state index in [9.17, 15) is 10.2 Å². The molecule has 0 fully saturated rings. The third-order valence-electron chi connectivity index (χ3n) is 5.20. The Kier molecular flexibility index (Phi) is 6.28. The lowest BCUT2D eigenvalue weighted by atomic mass is 9.81. The van der Waals surface area contributed by atoms with Crippen LogP contribution in [0.4, 0.5) is 5.69 Å². The molecule has 1 aromatic rings. The van der Waals surface area contributed by atoms with Crippen molar-refractivity contribution in [2.24, 2.45) is 5.92 Å². The van der Waals surface area contributed by atoms with Crippen LogP contribution in [0.1, 0.15) is 25.8 Å². The molecule has 28 heavy (non-hydrogen) atoms. The van der Waals surface area contributed by atoms with Gasteiger partial charge in [0.05, 0.1) is 5.60 Å². The second-order valence-electron chi connectivity index (χ2n) is 6.93. The minimum Gasteiger partial charge on any atom is -0.508 e. The maximum absolute atomic E-state index is 10.7. The summed E-state index contributed by atoms with van der Waals surface area (Å²) in [5.41, 5.74) is 2.44. The SMILES string of the molecule is CCN1C(=CC=C(Cl)C=CC2C=C(O)C=CC2(O)CC)C=Cc2ccccc21. The van der Waals surface area contributed by atoms with Crippen LogP contribution in [-0.2, 0) is 0 Å². The Bertz CT molecular complexity index is 907. The zero-order valence-corrected chi connectivity index (χ0v) is 17.0. The number of benzene rings is 1. The molecule has 0 saturated carbocycles. The number of rotatable bonds is 5. The van der Waals surface area contributed by atoms with Gasteiger partial charge >= 0.3 is 0 Å². The van der Waals surface area contributed by atoms with Gasteiger partial charge in [-0.05, 0) is 67.5 Å². The van der Waals surface area contributed by atoms with Crippen LogP contribution in [0.2, 0.25) is 0 Å². The normalized spacial score (nSPS) is 26.1. The number of hydrogen-bond acceptors (Lipinski definition) is 3. The van der Waals surface area contributed by atoms with Crippen molar-refractivity contribution in [3.63, 3.8) is 0 Å². The molecule has 3 rings (SSSR count). The highest BCUT2D eigenvalue weighted by molar-refractivity contribution is 6.31. The third kappa shape index (κ3) is 4.32. The number of halogens is 1. The van der Waals surface area contributed by atoms with E-state index >= 15 is 0 Å². The van der Waals surface area contributed by atoms with Gasteiger partial charge in [-0.25, -0.2) is 0 Å². The van der Waals surface area contributed by atoms with E-state index < -0.39 is 5.60 Å². The molecule has 3 nitrogen and oxygen atoms in total. The van der Waals surface area contributed by atoms with Gasteiger partial charge in [0, 0.05) is 28.9 Å². The highest BCUT2D eigenvalue weighted by Gasteiger charge is 2.31. The van der Waals surface area contributed by atoms with Crippen molar-refractivity contribution in [3.8, 4) is 0 Å². The number of para-hydroxylation sites is 1. The molecule has 0 aromatic heterocycles. The summed E-state index contributed by atoms with van der Waals surface area (Å²) < 4.78 is 0. The summed E-state index contributed by atoms with van der Waals surface area (Å²) in [6, 6.07) is 8.30. The van der Waals surface area contributed by atoms with Gasteiger partial charge in [0.1, 0.15) is 5.76 Å². The minimum atomic E-state index is -1.01. The summed E-state index contributed by atoms with van der Waals surface area (Å²) in [5.74, 6) is -0.175. The first-order valence-electron chi connectivity index (χ1n) is 9.59. The van der Waals surface area contributed by atoms with E-state index in [4.69, 9.17) is 11.6 Å². The van der Waals surface area contributed by atoms with Gasteiger partial charge in [0.2, 0.25) is 0 Å². The summed E-state index contributed by atoms with van der Waals surface area (Å²) in [6.07, 6.45) is 17.0. The van der Waals surface area contributed by atoms with E-state index in [1.54, 1.807) is 18.2 Å². The van der Waals surface area contributed by atoms with Gasteiger partial charge in [-0.1, -0.05) is 48.9 Å². The molecule has 4 heteroatoms. The van der Waals surface area contributed by atoms with Crippen molar-refractivity contribution in [2.75, 3.05) is 11.4 Å². The predicted octanol–water partition coefficient (Wildman–Crippen LogP) is 5.87. The van der Waals surface area contributed by atoms with Gasteiger partial charge in [0.15, 0.2) is 0 Å². The van der Waals surface area contributed by atoms with Crippen molar-refractivity contribution < 1.29 is 10.2 Å². The van der Waals surface area contributed by atoms with Gasteiger partial charge < -0.3 is 15.1 Å². The lowest BCUT2D eigenvalue weighted by Gasteiger charge is -2.31. The standard InChI is InChI=1S/C24H26ClNO2/c1-3-24(28)16-15-22(27)17-19(24)10-11-20(25)12-14-21-13-9-18-7-5-6-8-23(18)26(21)4-2/h5-17,19,27-28H,3-4H2,1-2H3. The molecule has 2 aliphatic rings. The van der Waals surface area contributed by atoms with Crippen LogP contribution in [0.3, 0.4) is 0 Å². The summed E-state index contributed by atoms with van der Waals surface area (Å²) in [6.45, 7) is 4.89. The van der Waals surface area contributed by atoms with Crippen LogP contribution in [-0.4, -0.2) is 22.4 Å². The molecule has 1 aliphatic carbocycles. The van der Waals surface area contributed by atoms with Crippen molar-refractivity contribution in [2.45, 2.75) is 25.9 Å². The average molecular weight is 396 g/mol. The fraction of sp³-hybridized carbons (Fsp3) is 0.250. The fourth-order valence-corrected chi connectivity index (χ4v) is 3.63. The van der Waals surface area contributed by atoms with Crippen molar-refractivity contribution in [3.05, 3.63) is 94.9 Å². The number of anilines is 1. The van der Waals surface area contributed by atoms with Crippen LogP contribution in [0.5, 0.6) is 0 Å². The monoisotopic (exact) mass is 395 g/mol. The molecule has 0 spiro atoms. The Balaban J connectivity index is 1.79. The molecule has 1 aliphatic heterocycles. The number of hydrogen-bond donors (Lipinski definition) is 2. The number of allylic oxidation sites excluding steroid dienone is 6. The first kappa shape index (κ1) is 20.2. The second kappa shape index (κ2) is 8.68. The van der Waals surface area contributed by atoms with Crippen LogP contribution >= 0.6 is 11.6 Å². The van der Waals surface area contributed by atoms with E-state index in [-0.39, 0.29) is 11.7 Å². The Morgan fingerprint density at radius 1 is 1.21 bits per heavy atom. The molecular weight excluding hydrogens is 370 g/mol. The second-order valence-corrected chi connectivity index (χ2v) is 7.37. The van der Waals surface area contributed by atoms with Crippen LogP contribution in [0, 0.1) is 5.92 Å². The number of likely N-dealkylation sites (N-methyl/N-ethyl adjacent to an activating group) is 1. The first-order valence-corrected chi connectivity index (χ1v) is 9.97. The molecule has 2 unspecified atom stereocenters. The van der Waals surface area contributed by atoms with Gasteiger partial charge in [-0.15, -0.1) is 0 Å². The minimum absolute atomic E-state index is 0.152. The summed E-state index contributed by atoms with van der Waals surface area (Å²) in [7, 11) is 0. The largest absolute Gasteiger partial charge is 0.508 e. The van der Waals surface area contributed by atoms with E-state index in [0.717, 1.165) is 12.2 Å². The predicted molar refractivity (Wildman–Crippen MR) is 118 cm³/mol. The Hall–Kier alpha value is -2.49. The zero-order valence-electron chi connectivity index (χ0n) is 16.2. The summed E-state index contributed by atoms with van der Waals surface area (Å²) in [4.78, 5) is 2.24. The average Bonchev–Trinajstić information content (AvgIpc) is 2.72. The quantitative estimate of drug-likeness (QED) is 0.612. The van der Waals surface area contributed by atoms with Crippen LogP contribution in [0.25, 0.3) is 6.08 Å². The molecule has 146 valence electrons. The Labute approximate surface area is 172 Å². The molecule has 0 bridgehead atoms. The maximum atomic E-state index is 10.7. The van der Waals surface area contributed by atoms with E-state index in [1.165, 1.54) is 17.3 Å². The third-order valence-corrected chi connectivity index (χ3v) is 5.45. The van der Waals surface area contributed by atoms with Gasteiger partial charge in [-0.3, -0.25) is 0 Å². The molecule has 0 amide bonds. The highest BCUT2D eigenvalue weighted by atomic mass is 35.5. The molecule has 2 atom stereocenters. The number of nitrogens with zero attached hydrogens (tertiary/aromatic N) is 1. The molecule has 0 saturated heterocycles. The van der Waals surface area contributed by atoms with Gasteiger partial charge in [-0.2, -0.15) is 0 Å². The lowest BCUT2D eigenvalue weighted by molar-refractivity contribution is 0.0574.